The largest absolute Gasteiger partial charge is 0.497 e. The number of carboxylic acids is 1. The lowest BCUT2D eigenvalue weighted by Crippen LogP contribution is -2.52. The Bertz CT molecular complexity index is 1060. The van der Waals surface area contributed by atoms with Gasteiger partial charge in [0.05, 0.1) is 36.9 Å². The van der Waals surface area contributed by atoms with Crippen molar-refractivity contribution >= 4 is 16.0 Å². The van der Waals surface area contributed by atoms with Gasteiger partial charge in [0, 0.05) is 0 Å². The number of methoxy groups -OCH3 is 1. The predicted molar refractivity (Wildman–Crippen MR) is 128 cm³/mol. The normalized spacial score (nSPS) is 15.9. The molecule has 1 fully saturated rings. The van der Waals surface area contributed by atoms with Gasteiger partial charge >= 0.3 is 12.1 Å². The second-order valence-electron chi connectivity index (χ2n) is 8.33. The quantitative estimate of drug-likeness (QED) is 0.315. The molecule has 3 rings (SSSR count). The van der Waals surface area contributed by atoms with E-state index in [1.807, 2.05) is 30.3 Å². The van der Waals surface area contributed by atoms with Crippen molar-refractivity contribution < 1.29 is 46.1 Å². The Morgan fingerprint density at radius 2 is 1.65 bits per heavy atom. The minimum atomic E-state index is -5.08. The van der Waals surface area contributed by atoms with Crippen LogP contribution in [0.15, 0.2) is 59.5 Å². The van der Waals surface area contributed by atoms with Crippen molar-refractivity contribution in [3.63, 3.8) is 0 Å². The standard InChI is InChI=1S/C22H30N2O5S.C2HF3O2/c1-28-18-11-13-20(14-12-18)30(26,27)24-23-21(15-17-7-3-2-4-8-17)22(25)16-29-19-9-5-6-10-19;3-2(4,5)1(6)7/h2-4,7-8,11-14,19,21-25H,5-6,9-10,15-16H2,1H3;(H,6,7)/t21-,22-;/m0./s1. The summed E-state index contributed by atoms with van der Waals surface area (Å²) in [6.07, 6.45) is -1.03. The first kappa shape index (κ1) is 30.5. The van der Waals surface area contributed by atoms with Crippen molar-refractivity contribution in [2.45, 2.75) is 61.4 Å². The monoisotopic (exact) mass is 548 g/mol. The van der Waals surface area contributed by atoms with Gasteiger partial charge in [-0.15, -0.1) is 4.83 Å². The number of rotatable bonds is 11. The van der Waals surface area contributed by atoms with Crippen LogP contribution in [0.2, 0.25) is 0 Å². The highest BCUT2D eigenvalue weighted by molar-refractivity contribution is 7.89. The molecule has 206 valence electrons. The van der Waals surface area contributed by atoms with Gasteiger partial charge in [0.15, 0.2) is 0 Å². The van der Waals surface area contributed by atoms with Crippen LogP contribution in [-0.4, -0.2) is 62.7 Å². The van der Waals surface area contributed by atoms with Crippen LogP contribution in [0.5, 0.6) is 5.75 Å². The molecule has 2 aromatic rings. The molecule has 37 heavy (non-hydrogen) atoms. The van der Waals surface area contributed by atoms with E-state index >= 15 is 0 Å². The summed E-state index contributed by atoms with van der Waals surface area (Å²) in [5, 5.41) is 17.9. The first-order valence-corrected chi connectivity index (χ1v) is 13.0. The molecule has 0 bridgehead atoms. The Hall–Kier alpha value is -2.71. The third-order valence-electron chi connectivity index (χ3n) is 5.56. The van der Waals surface area contributed by atoms with Gasteiger partial charge in [-0.25, -0.2) is 18.6 Å². The van der Waals surface area contributed by atoms with E-state index in [-0.39, 0.29) is 17.6 Å². The van der Waals surface area contributed by atoms with Gasteiger partial charge in [0.2, 0.25) is 0 Å². The molecule has 0 aromatic heterocycles. The minimum absolute atomic E-state index is 0.103. The maximum absolute atomic E-state index is 12.7. The van der Waals surface area contributed by atoms with Crippen LogP contribution in [0.25, 0.3) is 0 Å². The smallest absolute Gasteiger partial charge is 0.490 e. The zero-order chi connectivity index (χ0) is 27.5. The summed E-state index contributed by atoms with van der Waals surface area (Å²) in [5.74, 6) is -2.18. The third kappa shape index (κ3) is 10.7. The number of hydrogen-bond acceptors (Lipinski definition) is 7. The highest BCUT2D eigenvalue weighted by Gasteiger charge is 2.38. The van der Waals surface area contributed by atoms with Gasteiger partial charge in [0.1, 0.15) is 5.75 Å². The fourth-order valence-corrected chi connectivity index (χ4v) is 4.44. The third-order valence-corrected chi connectivity index (χ3v) is 6.84. The summed E-state index contributed by atoms with van der Waals surface area (Å²) in [4.78, 5) is 11.4. The van der Waals surface area contributed by atoms with E-state index in [0.29, 0.717) is 12.2 Å². The molecule has 0 radical (unpaired) electrons. The van der Waals surface area contributed by atoms with Crippen LogP contribution in [0, 0.1) is 0 Å². The number of hydrazine groups is 1. The van der Waals surface area contributed by atoms with Crippen molar-refractivity contribution in [3.8, 4) is 5.75 Å². The van der Waals surface area contributed by atoms with Gasteiger partial charge in [-0.1, -0.05) is 43.2 Å². The van der Waals surface area contributed by atoms with E-state index in [1.54, 1.807) is 12.1 Å². The summed E-state index contributed by atoms with van der Waals surface area (Å²) < 4.78 is 68.0. The molecule has 4 N–H and O–H groups in total. The van der Waals surface area contributed by atoms with E-state index in [0.717, 1.165) is 31.2 Å². The summed E-state index contributed by atoms with van der Waals surface area (Å²) in [7, 11) is -2.28. The van der Waals surface area contributed by atoms with Crippen molar-refractivity contribution in [2.75, 3.05) is 13.7 Å². The lowest BCUT2D eigenvalue weighted by molar-refractivity contribution is -0.192. The molecule has 0 heterocycles. The van der Waals surface area contributed by atoms with Gasteiger partial charge in [-0.3, -0.25) is 0 Å². The van der Waals surface area contributed by atoms with Crippen LogP contribution in [0.1, 0.15) is 31.2 Å². The highest BCUT2D eigenvalue weighted by atomic mass is 32.2. The van der Waals surface area contributed by atoms with Crippen molar-refractivity contribution in [1.82, 2.24) is 10.3 Å². The van der Waals surface area contributed by atoms with Gasteiger partial charge in [0.25, 0.3) is 10.0 Å². The first-order chi connectivity index (χ1) is 17.4. The molecular formula is C24H31F3N2O7S. The maximum Gasteiger partial charge on any atom is 0.490 e. The van der Waals surface area contributed by atoms with Crippen molar-refractivity contribution in [2.24, 2.45) is 0 Å². The van der Waals surface area contributed by atoms with Gasteiger partial charge < -0.3 is 19.7 Å². The van der Waals surface area contributed by atoms with Crippen molar-refractivity contribution in [3.05, 3.63) is 60.2 Å². The highest BCUT2D eigenvalue weighted by Crippen LogP contribution is 2.21. The second-order valence-corrected chi connectivity index (χ2v) is 10.0. The zero-order valence-electron chi connectivity index (χ0n) is 20.1. The Morgan fingerprint density at radius 1 is 1.08 bits per heavy atom. The maximum atomic E-state index is 12.7. The number of nitrogens with one attached hydrogen (secondary N) is 2. The van der Waals surface area contributed by atoms with Crippen LogP contribution in [0.3, 0.4) is 0 Å². The number of alkyl halides is 3. The lowest BCUT2D eigenvalue weighted by atomic mass is 10.0. The van der Waals surface area contributed by atoms with Crippen LogP contribution in [0.4, 0.5) is 13.2 Å². The Balaban J connectivity index is 0.000000604. The summed E-state index contributed by atoms with van der Waals surface area (Å²) in [6, 6.07) is 15.2. The first-order valence-electron chi connectivity index (χ1n) is 11.5. The molecule has 2 atom stereocenters. The number of hydrogen-bond donors (Lipinski definition) is 4. The molecule has 0 spiro atoms. The molecule has 1 aliphatic rings. The average Bonchev–Trinajstić information content (AvgIpc) is 3.39. The Labute approximate surface area is 213 Å². The fraction of sp³-hybridized carbons (Fsp3) is 0.458. The molecule has 1 aliphatic carbocycles. The molecule has 13 heteroatoms. The van der Waals surface area contributed by atoms with Gasteiger partial charge in [-0.2, -0.15) is 13.2 Å². The molecule has 2 aromatic carbocycles. The number of ether oxygens (including phenoxy) is 2. The number of aliphatic hydroxyl groups excluding tert-OH is 1. The fourth-order valence-electron chi connectivity index (χ4n) is 3.52. The molecule has 0 amide bonds. The second kappa shape index (κ2) is 14.3. The number of sulfonamides is 1. The molecular weight excluding hydrogens is 517 g/mol. The summed E-state index contributed by atoms with van der Waals surface area (Å²) >= 11 is 0. The Kier molecular flexibility index (Phi) is 11.8. The zero-order valence-corrected chi connectivity index (χ0v) is 21.0. The number of halogens is 3. The molecule has 0 saturated heterocycles. The molecule has 0 unspecified atom stereocenters. The van der Waals surface area contributed by atoms with E-state index in [9.17, 15) is 26.7 Å². The number of aliphatic hydroxyl groups is 1. The number of benzene rings is 2. The summed E-state index contributed by atoms with van der Waals surface area (Å²) in [5.41, 5.74) is 3.80. The Morgan fingerprint density at radius 3 is 2.16 bits per heavy atom. The average molecular weight is 549 g/mol. The number of carbonyl (C=O) groups is 1. The van der Waals surface area contributed by atoms with Crippen LogP contribution >= 0.6 is 0 Å². The minimum Gasteiger partial charge on any atom is -0.497 e. The predicted octanol–water partition coefficient (Wildman–Crippen LogP) is 3.04. The van der Waals surface area contributed by atoms with Crippen LogP contribution in [-0.2, 0) is 26.0 Å². The van der Waals surface area contributed by atoms with Crippen LogP contribution < -0.4 is 15.0 Å². The van der Waals surface area contributed by atoms with E-state index < -0.39 is 34.3 Å². The number of carboxylic acid groups (broad SMARTS) is 1. The molecule has 1 saturated carbocycles. The lowest BCUT2D eigenvalue weighted by Gasteiger charge is -2.26. The van der Waals surface area contributed by atoms with Gasteiger partial charge in [-0.05, 0) is 49.1 Å². The SMILES string of the molecule is COc1ccc(S(=O)(=O)NN[C@@H](Cc2ccccc2)[C@@H](O)COC2CCCC2)cc1.O=C(O)C(F)(F)F. The van der Waals surface area contributed by atoms with E-state index in [1.165, 1.54) is 19.2 Å². The summed E-state index contributed by atoms with van der Waals surface area (Å²) in [6.45, 7) is 0.152. The van der Waals surface area contributed by atoms with E-state index in [2.05, 4.69) is 10.3 Å². The van der Waals surface area contributed by atoms with Crippen molar-refractivity contribution in [1.29, 1.82) is 0 Å². The van der Waals surface area contributed by atoms with E-state index in [4.69, 9.17) is 19.4 Å². The molecule has 9 nitrogen and oxygen atoms in total. The topological polar surface area (TPSA) is 134 Å². The molecule has 0 aliphatic heterocycles. The number of aliphatic carboxylic acids is 1.